The number of imide groups is 1. The van der Waals surface area contributed by atoms with Crippen LogP contribution >= 0.6 is 0 Å². The molecule has 0 saturated carbocycles. The highest BCUT2D eigenvalue weighted by Gasteiger charge is 2.48. The average Bonchev–Trinajstić information content (AvgIpc) is 3.21. The summed E-state index contributed by atoms with van der Waals surface area (Å²) in [5.41, 5.74) is 0.265. The number of esters is 1. The summed E-state index contributed by atoms with van der Waals surface area (Å²) in [7, 11) is 0. The molecule has 0 radical (unpaired) electrons. The van der Waals surface area contributed by atoms with Crippen molar-refractivity contribution in [1.82, 2.24) is 10.2 Å². The van der Waals surface area contributed by atoms with Crippen molar-refractivity contribution in [2.75, 3.05) is 13.1 Å². The molecule has 1 saturated heterocycles. The molecule has 41 heavy (non-hydrogen) atoms. The summed E-state index contributed by atoms with van der Waals surface area (Å²) in [4.78, 5) is 59.9. The van der Waals surface area contributed by atoms with Crippen LogP contribution in [0.25, 0.3) is 0 Å². The van der Waals surface area contributed by atoms with Crippen molar-refractivity contribution < 1.29 is 58.6 Å². The second kappa shape index (κ2) is 13.2. The molecule has 2 aliphatic rings. The Bertz CT molecular complexity index is 1190. The molecule has 0 aromatic heterocycles. The van der Waals surface area contributed by atoms with E-state index in [1.165, 1.54) is 0 Å². The van der Waals surface area contributed by atoms with Gasteiger partial charge in [0.2, 0.25) is 12.2 Å². The topological polar surface area (TPSA) is 209 Å². The quantitative estimate of drug-likeness (QED) is 0.122. The van der Waals surface area contributed by atoms with Gasteiger partial charge in [-0.15, -0.1) is 0 Å². The van der Waals surface area contributed by atoms with Gasteiger partial charge >= 0.3 is 11.9 Å². The Balaban J connectivity index is 1.68. The van der Waals surface area contributed by atoms with Crippen LogP contribution in [0.2, 0.25) is 0 Å². The fraction of sp³-hybridized carbons (Fsp3) is 0.519. The minimum Gasteiger partial charge on any atom is -0.479 e. The Morgan fingerprint density at radius 1 is 1.02 bits per heavy atom. The minimum absolute atomic E-state index is 0.0728. The number of aliphatic hydroxyl groups is 3. The molecule has 2 heterocycles. The maximum absolute atomic E-state index is 12.3. The maximum atomic E-state index is 12.3. The third-order valence-electron chi connectivity index (χ3n) is 6.33. The highest BCUT2D eigenvalue weighted by atomic mass is 16.7. The maximum Gasteiger partial charge on any atom is 0.335 e. The monoisotopic (exact) mass is 578 g/mol. The molecule has 3 amide bonds. The lowest BCUT2D eigenvalue weighted by molar-refractivity contribution is -0.271. The molecule has 1 aromatic carbocycles. The van der Waals surface area contributed by atoms with Crippen molar-refractivity contribution in [3.05, 3.63) is 41.5 Å². The zero-order valence-electron chi connectivity index (χ0n) is 22.8. The number of amides is 3. The Morgan fingerprint density at radius 2 is 1.68 bits per heavy atom. The number of ether oxygens (including phenoxy) is 3. The van der Waals surface area contributed by atoms with E-state index in [4.69, 9.17) is 14.2 Å². The molecule has 5 N–H and O–H groups in total. The predicted octanol–water partition coefficient (Wildman–Crippen LogP) is -0.979. The van der Waals surface area contributed by atoms with E-state index in [1.54, 1.807) is 39.0 Å². The number of carbonyl (C=O) groups excluding carboxylic acids is 4. The number of carboxylic acids is 1. The smallest absolute Gasteiger partial charge is 0.335 e. The number of nitrogens with zero attached hydrogens (tertiary/aromatic N) is 1. The number of aliphatic carboxylic acids is 1. The molecule has 0 spiro atoms. The van der Waals surface area contributed by atoms with Gasteiger partial charge in [-0.2, -0.15) is 0 Å². The fourth-order valence-electron chi connectivity index (χ4n) is 3.92. The van der Waals surface area contributed by atoms with Crippen LogP contribution in [0, 0.1) is 5.41 Å². The number of aryl methyl sites for hydroxylation is 1. The number of carbonyl (C=O) groups is 5. The van der Waals surface area contributed by atoms with Crippen LogP contribution in [0.15, 0.2) is 30.4 Å². The van der Waals surface area contributed by atoms with Gasteiger partial charge < -0.3 is 40.0 Å². The normalized spacial score (nSPS) is 24.3. The van der Waals surface area contributed by atoms with E-state index in [9.17, 15) is 44.4 Å². The number of carboxylic acid groups (broad SMARTS) is 1. The van der Waals surface area contributed by atoms with Crippen LogP contribution in [-0.2, 0) is 46.5 Å². The van der Waals surface area contributed by atoms with E-state index in [0.29, 0.717) is 24.0 Å². The largest absolute Gasteiger partial charge is 0.479 e. The molecule has 1 fully saturated rings. The lowest BCUT2D eigenvalue weighted by atomic mass is 9.97. The molecular weight excluding hydrogens is 544 g/mol. The lowest BCUT2D eigenvalue weighted by Crippen LogP contribution is -2.61. The minimum atomic E-state index is -1.89. The molecule has 14 heteroatoms. The van der Waals surface area contributed by atoms with E-state index in [-0.39, 0.29) is 18.9 Å². The second-order valence-corrected chi connectivity index (χ2v) is 10.7. The molecule has 2 aliphatic heterocycles. The van der Waals surface area contributed by atoms with E-state index in [2.05, 4.69) is 5.32 Å². The SMILES string of the molecule is CC(C)(C)C(=O)OCc1ccc(CCCNC(=O)CN2C(=O)C=CC2=O)cc1O[C@@H]1OC(C(=O)O)[C@@H](O)[C@H](O)[C@H]1O. The summed E-state index contributed by atoms with van der Waals surface area (Å²) in [5, 5.41) is 42.4. The van der Waals surface area contributed by atoms with E-state index < -0.39 is 72.3 Å². The summed E-state index contributed by atoms with van der Waals surface area (Å²) in [5.74, 6) is -3.61. The van der Waals surface area contributed by atoms with Crippen LogP contribution in [0.3, 0.4) is 0 Å². The first-order valence-electron chi connectivity index (χ1n) is 12.9. The number of hydrogen-bond acceptors (Lipinski definition) is 11. The van der Waals surface area contributed by atoms with Crippen molar-refractivity contribution in [2.24, 2.45) is 5.41 Å². The zero-order chi connectivity index (χ0) is 30.5. The summed E-state index contributed by atoms with van der Waals surface area (Å²) >= 11 is 0. The first-order valence-corrected chi connectivity index (χ1v) is 12.9. The average molecular weight is 579 g/mol. The van der Waals surface area contributed by atoms with Crippen LogP contribution in [0.5, 0.6) is 5.75 Å². The van der Waals surface area contributed by atoms with Crippen molar-refractivity contribution in [3.8, 4) is 5.75 Å². The summed E-state index contributed by atoms with van der Waals surface area (Å²) < 4.78 is 16.3. The summed E-state index contributed by atoms with van der Waals surface area (Å²) in [6, 6.07) is 4.88. The predicted molar refractivity (Wildman–Crippen MR) is 138 cm³/mol. The van der Waals surface area contributed by atoms with Gasteiger partial charge in [-0.1, -0.05) is 12.1 Å². The molecule has 1 unspecified atom stereocenters. The molecule has 1 aromatic rings. The second-order valence-electron chi connectivity index (χ2n) is 10.7. The van der Waals surface area contributed by atoms with Gasteiger partial charge in [-0.25, -0.2) is 4.79 Å². The van der Waals surface area contributed by atoms with Crippen LogP contribution in [0.1, 0.15) is 38.3 Å². The first kappa shape index (κ1) is 31.7. The highest BCUT2D eigenvalue weighted by molar-refractivity contribution is 6.14. The Hall–Kier alpha value is -3.85. The molecule has 224 valence electrons. The number of aliphatic hydroxyl groups excluding tert-OH is 3. The summed E-state index contributed by atoms with van der Waals surface area (Å²) in [6.07, 6.45) is -6.07. The molecule has 0 aliphatic carbocycles. The Morgan fingerprint density at radius 3 is 2.29 bits per heavy atom. The Labute approximate surface area is 235 Å². The third kappa shape index (κ3) is 8.10. The first-order chi connectivity index (χ1) is 19.2. The highest BCUT2D eigenvalue weighted by Crippen LogP contribution is 2.29. The van der Waals surface area contributed by atoms with Crippen molar-refractivity contribution >= 4 is 29.7 Å². The number of nitrogens with one attached hydrogen (secondary N) is 1. The van der Waals surface area contributed by atoms with Gasteiger partial charge in [0, 0.05) is 24.3 Å². The van der Waals surface area contributed by atoms with Gasteiger partial charge in [-0.05, 0) is 45.2 Å². The standard InChI is InChI=1S/C27H34N2O12/c1-27(2,3)26(38)39-13-15-7-6-14(5-4-10-28-17(30)12-29-18(31)8-9-19(29)32)11-16(15)40-25-22(35)20(33)21(34)23(41-25)24(36)37/h6-9,11,20-23,25,33-35H,4-5,10,12-13H2,1-3H3,(H,28,30)(H,36,37)/t20-,21-,22+,23?,25+/m0/s1. The number of benzene rings is 1. The Kier molecular flexibility index (Phi) is 10.2. The third-order valence-corrected chi connectivity index (χ3v) is 6.33. The van der Waals surface area contributed by atoms with Gasteiger partial charge in [0.25, 0.3) is 11.8 Å². The van der Waals surface area contributed by atoms with Gasteiger partial charge in [-0.3, -0.25) is 24.1 Å². The lowest BCUT2D eigenvalue weighted by Gasteiger charge is -2.38. The number of hydrogen-bond donors (Lipinski definition) is 5. The van der Waals surface area contributed by atoms with E-state index >= 15 is 0 Å². The van der Waals surface area contributed by atoms with E-state index in [0.717, 1.165) is 17.1 Å². The van der Waals surface area contributed by atoms with Gasteiger partial charge in [0.15, 0.2) is 6.10 Å². The van der Waals surface area contributed by atoms with Crippen LogP contribution in [0.4, 0.5) is 0 Å². The fourth-order valence-corrected chi connectivity index (χ4v) is 3.92. The molecule has 3 rings (SSSR count). The molecular formula is C27H34N2O12. The zero-order valence-corrected chi connectivity index (χ0v) is 22.8. The van der Waals surface area contributed by atoms with Crippen molar-refractivity contribution in [1.29, 1.82) is 0 Å². The summed E-state index contributed by atoms with van der Waals surface area (Å²) in [6.45, 7) is 4.64. The van der Waals surface area contributed by atoms with Crippen molar-refractivity contribution in [2.45, 2.75) is 70.9 Å². The van der Waals surface area contributed by atoms with Gasteiger partial charge in [0.1, 0.15) is 37.2 Å². The van der Waals surface area contributed by atoms with Crippen molar-refractivity contribution in [3.63, 3.8) is 0 Å². The van der Waals surface area contributed by atoms with Crippen LogP contribution in [-0.4, -0.2) is 98.8 Å². The molecule has 0 bridgehead atoms. The molecule has 5 atom stereocenters. The molecule has 14 nitrogen and oxygen atoms in total. The van der Waals surface area contributed by atoms with Crippen LogP contribution < -0.4 is 10.1 Å². The van der Waals surface area contributed by atoms with Gasteiger partial charge in [0.05, 0.1) is 5.41 Å². The van der Waals surface area contributed by atoms with E-state index in [1.807, 2.05) is 0 Å². The number of rotatable bonds is 11.